The Morgan fingerprint density at radius 2 is 1.95 bits per heavy atom. The second kappa shape index (κ2) is 5.92. The molecule has 5 heteroatoms. The quantitative estimate of drug-likeness (QED) is 0.679. The van der Waals surface area contributed by atoms with Crippen LogP contribution < -0.4 is 10.5 Å². The number of ether oxygens (including phenoxy) is 1. The van der Waals surface area contributed by atoms with Crippen molar-refractivity contribution in [1.82, 2.24) is 4.98 Å². The fourth-order valence-electron chi connectivity index (χ4n) is 2.07. The molecule has 0 atom stereocenters. The van der Waals surface area contributed by atoms with Gasteiger partial charge in [-0.3, -0.25) is 0 Å². The van der Waals surface area contributed by atoms with E-state index < -0.39 is 0 Å². The first-order chi connectivity index (χ1) is 10.1. The third-order valence-electron chi connectivity index (χ3n) is 3.06. The molecule has 0 saturated carbocycles. The lowest BCUT2D eigenvalue weighted by Gasteiger charge is -2.11. The summed E-state index contributed by atoms with van der Waals surface area (Å²) < 4.78 is 6.49. The second-order valence-electron chi connectivity index (χ2n) is 4.59. The Balaban J connectivity index is 1.83. The largest absolute Gasteiger partial charge is 0.484 e. The van der Waals surface area contributed by atoms with Crippen molar-refractivity contribution in [3.05, 3.63) is 63.7 Å². The van der Waals surface area contributed by atoms with Crippen LogP contribution in [0.15, 0.2) is 53.0 Å². The zero-order valence-corrected chi connectivity index (χ0v) is 13.4. The maximum Gasteiger partial charge on any atom is 0.157 e. The van der Waals surface area contributed by atoms with Gasteiger partial charge in [0.2, 0.25) is 0 Å². The summed E-state index contributed by atoms with van der Waals surface area (Å²) in [5.74, 6) is 0.578. The first-order valence-electron chi connectivity index (χ1n) is 6.35. The number of hydrogen-bond donors (Lipinski definition) is 1. The predicted octanol–water partition coefficient (Wildman–Crippen LogP) is 4.81. The average molecular weight is 364 g/mol. The molecule has 0 radical (unpaired) electrons. The summed E-state index contributed by atoms with van der Waals surface area (Å²) in [4.78, 5) is 4.56. The first-order valence-corrected chi connectivity index (χ1v) is 7.52. The van der Waals surface area contributed by atoms with Gasteiger partial charge in [-0.05, 0) is 40.2 Å². The van der Waals surface area contributed by atoms with E-state index in [1.54, 1.807) is 12.1 Å². The molecule has 3 rings (SSSR count). The van der Waals surface area contributed by atoms with Gasteiger partial charge in [0.1, 0.15) is 6.61 Å². The van der Waals surface area contributed by atoms with Gasteiger partial charge in [0.05, 0.1) is 21.4 Å². The highest BCUT2D eigenvalue weighted by atomic mass is 79.9. The monoisotopic (exact) mass is 362 g/mol. The maximum absolute atomic E-state index is 5.93. The molecule has 0 spiro atoms. The maximum atomic E-state index is 5.93. The minimum Gasteiger partial charge on any atom is -0.484 e. The lowest BCUT2D eigenvalue weighted by atomic mass is 10.2. The van der Waals surface area contributed by atoms with Crippen LogP contribution in [0, 0.1) is 0 Å². The van der Waals surface area contributed by atoms with Crippen molar-refractivity contribution in [2.75, 3.05) is 5.73 Å². The van der Waals surface area contributed by atoms with E-state index in [1.807, 2.05) is 36.4 Å². The highest BCUT2D eigenvalue weighted by Gasteiger charge is 2.08. The number of anilines is 1. The van der Waals surface area contributed by atoms with Crippen LogP contribution in [-0.4, -0.2) is 4.98 Å². The highest BCUT2D eigenvalue weighted by Crippen LogP contribution is 2.35. The summed E-state index contributed by atoms with van der Waals surface area (Å²) >= 11 is 9.33. The normalized spacial score (nSPS) is 10.8. The van der Waals surface area contributed by atoms with E-state index in [-0.39, 0.29) is 0 Å². The van der Waals surface area contributed by atoms with Gasteiger partial charge < -0.3 is 10.5 Å². The van der Waals surface area contributed by atoms with Gasteiger partial charge in [-0.2, -0.15) is 0 Å². The molecule has 0 aliphatic heterocycles. The number of nitrogens with zero attached hydrogens (tertiary/aromatic N) is 1. The zero-order valence-electron chi connectivity index (χ0n) is 11.0. The van der Waals surface area contributed by atoms with Crippen LogP contribution in [0.5, 0.6) is 5.75 Å². The molecule has 0 unspecified atom stereocenters. The number of para-hydroxylation sites is 1. The van der Waals surface area contributed by atoms with Crippen LogP contribution in [0.25, 0.3) is 10.9 Å². The molecule has 106 valence electrons. The van der Waals surface area contributed by atoms with Crippen LogP contribution in [0.1, 0.15) is 5.69 Å². The minimum absolute atomic E-state index is 0.343. The van der Waals surface area contributed by atoms with Gasteiger partial charge in [0.25, 0.3) is 0 Å². The Morgan fingerprint density at radius 3 is 2.76 bits per heavy atom. The standard InChI is InChI=1S/C16H12BrClN2O/c17-13-7-11(18)8-14(19)16(13)21-9-12-6-5-10-3-1-2-4-15(10)20-12/h1-8H,9,19H2. The number of nitrogen functional groups attached to an aromatic ring is 1. The number of rotatable bonds is 3. The minimum atomic E-state index is 0.343. The Kier molecular flexibility index (Phi) is 3.99. The average Bonchev–Trinajstić information content (AvgIpc) is 2.46. The molecule has 0 fully saturated rings. The molecule has 3 nitrogen and oxygen atoms in total. The lowest BCUT2D eigenvalue weighted by molar-refractivity contribution is 0.301. The molecule has 2 aromatic carbocycles. The Bertz CT molecular complexity index is 784. The molecule has 2 N–H and O–H groups in total. The number of fused-ring (bicyclic) bond motifs is 1. The number of nitrogens with two attached hydrogens (primary N) is 1. The lowest BCUT2D eigenvalue weighted by Crippen LogP contribution is -2.01. The van der Waals surface area contributed by atoms with E-state index >= 15 is 0 Å². The van der Waals surface area contributed by atoms with Crippen LogP contribution in [0.3, 0.4) is 0 Å². The van der Waals surface area contributed by atoms with Gasteiger partial charge in [0, 0.05) is 10.4 Å². The van der Waals surface area contributed by atoms with Crippen molar-refractivity contribution in [3.63, 3.8) is 0 Å². The summed E-state index contributed by atoms with van der Waals surface area (Å²) in [6, 6.07) is 15.4. The molecular formula is C16H12BrClN2O. The molecule has 3 aromatic rings. The van der Waals surface area contributed by atoms with Gasteiger partial charge >= 0.3 is 0 Å². The zero-order chi connectivity index (χ0) is 14.8. The number of aromatic nitrogens is 1. The van der Waals surface area contributed by atoms with E-state index in [1.165, 1.54) is 0 Å². The Morgan fingerprint density at radius 1 is 1.14 bits per heavy atom. The van der Waals surface area contributed by atoms with Crippen molar-refractivity contribution in [2.24, 2.45) is 0 Å². The molecule has 1 heterocycles. The van der Waals surface area contributed by atoms with Crippen LogP contribution in [-0.2, 0) is 6.61 Å². The summed E-state index contributed by atoms with van der Waals surface area (Å²) in [6.45, 7) is 0.343. The molecule has 1 aromatic heterocycles. The van der Waals surface area contributed by atoms with Crippen molar-refractivity contribution in [3.8, 4) is 5.75 Å². The SMILES string of the molecule is Nc1cc(Cl)cc(Br)c1OCc1ccc2ccccc2n1. The molecule has 21 heavy (non-hydrogen) atoms. The van der Waals surface area contributed by atoms with E-state index in [0.717, 1.165) is 21.1 Å². The number of pyridine rings is 1. The number of halogens is 2. The molecule has 0 saturated heterocycles. The fraction of sp³-hybridized carbons (Fsp3) is 0.0625. The highest BCUT2D eigenvalue weighted by molar-refractivity contribution is 9.10. The fourth-order valence-corrected chi connectivity index (χ4v) is 3.02. The topological polar surface area (TPSA) is 48.1 Å². The molecular weight excluding hydrogens is 352 g/mol. The summed E-state index contributed by atoms with van der Waals surface area (Å²) in [6.07, 6.45) is 0. The molecule has 0 amide bonds. The van der Waals surface area contributed by atoms with E-state index in [2.05, 4.69) is 20.9 Å². The predicted molar refractivity (Wildman–Crippen MR) is 89.6 cm³/mol. The Hall–Kier alpha value is -1.78. The van der Waals surface area contributed by atoms with Gasteiger partial charge in [-0.1, -0.05) is 35.9 Å². The summed E-state index contributed by atoms with van der Waals surface area (Å²) in [5.41, 5.74) is 8.20. The number of benzene rings is 2. The van der Waals surface area contributed by atoms with Crippen molar-refractivity contribution >= 4 is 44.1 Å². The van der Waals surface area contributed by atoms with Crippen molar-refractivity contribution < 1.29 is 4.74 Å². The molecule has 0 aliphatic rings. The smallest absolute Gasteiger partial charge is 0.157 e. The van der Waals surface area contributed by atoms with Crippen LogP contribution >= 0.6 is 27.5 Å². The summed E-state index contributed by atoms with van der Waals surface area (Å²) in [7, 11) is 0. The number of hydrogen-bond acceptors (Lipinski definition) is 3. The van der Waals surface area contributed by atoms with Crippen molar-refractivity contribution in [2.45, 2.75) is 6.61 Å². The third kappa shape index (κ3) is 3.12. The second-order valence-corrected chi connectivity index (χ2v) is 5.88. The van der Waals surface area contributed by atoms with Gasteiger partial charge in [-0.25, -0.2) is 4.98 Å². The van der Waals surface area contributed by atoms with Crippen LogP contribution in [0.4, 0.5) is 5.69 Å². The van der Waals surface area contributed by atoms with Crippen molar-refractivity contribution in [1.29, 1.82) is 0 Å². The van der Waals surface area contributed by atoms with E-state index in [9.17, 15) is 0 Å². The molecule has 0 bridgehead atoms. The van der Waals surface area contributed by atoms with E-state index in [0.29, 0.717) is 23.1 Å². The first kappa shape index (κ1) is 14.2. The van der Waals surface area contributed by atoms with Gasteiger partial charge in [0.15, 0.2) is 5.75 Å². The third-order valence-corrected chi connectivity index (χ3v) is 3.86. The van der Waals surface area contributed by atoms with E-state index in [4.69, 9.17) is 22.1 Å². The van der Waals surface area contributed by atoms with Crippen LogP contribution in [0.2, 0.25) is 5.02 Å². The summed E-state index contributed by atoms with van der Waals surface area (Å²) in [5, 5.41) is 1.67. The Labute approximate surface area is 135 Å². The van der Waals surface area contributed by atoms with Gasteiger partial charge in [-0.15, -0.1) is 0 Å². The molecule has 0 aliphatic carbocycles.